The molecule has 1 rings (SSSR count). The van der Waals surface area contributed by atoms with Crippen molar-refractivity contribution in [2.45, 2.75) is 57.9 Å². The molecule has 0 bridgehead atoms. The monoisotopic (exact) mass is 226 g/mol. The molecule has 0 aliphatic heterocycles. The van der Waals surface area contributed by atoms with Crippen molar-refractivity contribution < 1.29 is 4.79 Å². The fourth-order valence-electron chi connectivity index (χ4n) is 2.56. The Kier molecular flexibility index (Phi) is 5.81. The van der Waals surface area contributed by atoms with Gasteiger partial charge in [-0.2, -0.15) is 0 Å². The van der Waals surface area contributed by atoms with Gasteiger partial charge in [0.25, 0.3) is 0 Å². The summed E-state index contributed by atoms with van der Waals surface area (Å²) in [7, 11) is 1.90. The van der Waals surface area contributed by atoms with Crippen LogP contribution in [0.2, 0.25) is 0 Å². The van der Waals surface area contributed by atoms with Gasteiger partial charge in [0.15, 0.2) is 0 Å². The quantitative estimate of drug-likeness (QED) is 0.781. The zero-order chi connectivity index (χ0) is 12.0. The molecule has 0 spiro atoms. The minimum atomic E-state index is -0.293. The molecule has 1 atom stereocenters. The van der Waals surface area contributed by atoms with E-state index in [9.17, 15) is 4.79 Å². The average molecular weight is 226 g/mol. The lowest BCUT2D eigenvalue weighted by Crippen LogP contribution is -2.43. The van der Waals surface area contributed by atoms with Crippen molar-refractivity contribution in [3.63, 3.8) is 0 Å². The molecule has 0 heterocycles. The van der Waals surface area contributed by atoms with Gasteiger partial charge in [-0.25, -0.2) is 0 Å². The van der Waals surface area contributed by atoms with E-state index in [0.29, 0.717) is 5.92 Å². The van der Waals surface area contributed by atoms with E-state index in [1.54, 1.807) is 0 Å². The number of hydrogen-bond donors (Lipinski definition) is 1. The van der Waals surface area contributed by atoms with E-state index in [-0.39, 0.29) is 11.9 Å². The summed E-state index contributed by atoms with van der Waals surface area (Å²) in [6.07, 6.45) is 8.35. The SMILES string of the molecule is CCCC(N)C(=O)N(C)CC1CCCCC1. The highest BCUT2D eigenvalue weighted by Crippen LogP contribution is 2.24. The van der Waals surface area contributed by atoms with Crippen molar-refractivity contribution in [2.24, 2.45) is 11.7 Å². The largest absolute Gasteiger partial charge is 0.344 e. The normalized spacial score (nSPS) is 19.4. The lowest BCUT2D eigenvalue weighted by molar-refractivity contribution is -0.132. The van der Waals surface area contributed by atoms with Crippen molar-refractivity contribution in [3.8, 4) is 0 Å². The van der Waals surface area contributed by atoms with E-state index in [1.165, 1.54) is 32.1 Å². The predicted octanol–water partition coefficient (Wildman–Crippen LogP) is 2.15. The Hall–Kier alpha value is -0.570. The zero-order valence-electron chi connectivity index (χ0n) is 10.7. The second-order valence-electron chi connectivity index (χ2n) is 5.12. The molecule has 3 heteroatoms. The highest BCUT2D eigenvalue weighted by atomic mass is 16.2. The molecule has 16 heavy (non-hydrogen) atoms. The highest BCUT2D eigenvalue weighted by Gasteiger charge is 2.21. The molecule has 0 saturated heterocycles. The topological polar surface area (TPSA) is 46.3 Å². The van der Waals surface area contributed by atoms with Crippen LogP contribution in [0.4, 0.5) is 0 Å². The van der Waals surface area contributed by atoms with Gasteiger partial charge in [-0.15, -0.1) is 0 Å². The number of carbonyl (C=O) groups is 1. The first kappa shape index (κ1) is 13.5. The van der Waals surface area contributed by atoms with Crippen LogP contribution >= 0.6 is 0 Å². The first-order valence-corrected chi connectivity index (χ1v) is 6.65. The molecular weight excluding hydrogens is 200 g/mol. The van der Waals surface area contributed by atoms with Gasteiger partial charge in [0.05, 0.1) is 6.04 Å². The Morgan fingerprint density at radius 2 is 2.00 bits per heavy atom. The molecule has 0 radical (unpaired) electrons. The van der Waals surface area contributed by atoms with E-state index < -0.39 is 0 Å². The van der Waals surface area contributed by atoms with Crippen LogP contribution in [0.25, 0.3) is 0 Å². The third-order valence-electron chi connectivity index (χ3n) is 3.55. The van der Waals surface area contributed by atoms with Gasteiger partial charge < -0.3 is 10.6 Å². The van der Waals surface area contributed by atoms with Gasteiger partial charge in [-0.05, 0) is 25.2 Å². The highest BCUT2D eigenvalue weighted by molar-refractivity contribution is 5.81. The van der Waals surface area contributed by atoms with Crippen LogP contribution in [-0.4, -0.2) is 30.4 Å². The van der Waals surface area contributed by atoms with Gasteiger partial charge in [0.1, 0.15) is 0 Å². The third kappa shape index (κ3) is 4.12. The van der Waals surface area contributed by atoms with Crippen LogP contribution in [0.1, 0.15) is 51.9 Å². The number of amides is 1. The summed E-state index contributed by atoms with van der Waals surface area (Å²) in [6, 6.07) is -0.293. The Bertz CT molecular complexity index is 212. The van der Waals surface area contributed by atoms with Gasteiger partial charge in [0.2, 0.25) is 5.91 Å². The molecule has 1 fully saturated rings. The van der Waals surface area contributed by atoms with E-state index in [2.05, 4.69) is 6.92 Å². The molecule has 1 amide bonds. The first-order valence-electron chi connectivity index (χ1n) is 6.65. The first-order chi connectivity index (χ1) is 7.65. The molecule has 1 aliphatic carbocycles. The fourth-order valence-corrected chi connectivity index (χ4v) is 2.56. The Morgan fingerprint density at radius 3 is 2.56 bits per heavy atom. The van der Waals surface area contributed by atoms with Crippen LogP contribution in [0.3, 0.4) is 0 Å². The maximum absolute atomic E-state index is 11.9. The van der Waals surface area contributed by atoms with Crippen LogP contribution in [0.5, 0.6) is 0 Å². The molecular formula is C13H26N2O. The van der Waals surface area contributed by atoms with Gasteiger partial charge in [0, 0.05) is 13.6 Å². The molecule has 1 saturated carbocycles. The van der Waals surface area contributed by atoms with Crippen molar-refractivity contribution in [3.05, 3.63) is 0 Å². The van der Waals surface area contributed by atoms with Crippen molar-refractivity contribution in [1.82, 2.24) is 4.90 Å². The van der Waals surface area contributed by atoms with Gasteiger partial charge >= 0.3 is 0 Å². The van der Waals surface area contributed by atoms with Crippen molar-refractivity contribution >= 4 is 5.91 Å². The number of likely N-dealkylation sites (N-methyl/N-ethyl adjacent to an activating group) is 1. The summed E-state index contributed by atoms with van der Waals surface area (Å²) in [5.74, 6) is 0.823. The third-order valence-corrected chi connectivity index (χ3v) is 3.55. The van der Waals surface area contributed by atoms with Crippen LogP contribution in [-0.2, 0) is 4.79 Å². The number of carbonyl (C=O) groups excluding carboxylic acids is 1. The minimum Gasteiger partial charge on any atom is -0.344 e. The van der Waals surface area contributed by atoms with Crippen LogP contribution in [0.15, 0.2) is 0 Å². The Labute approximate surface area is 99.4 Å². The molecule has 1 aliphatic rings. The number of nitrogens with two attached hydrogens (primary N) is 1. The number of hydrogen-bond acceptors (Lipinski definition) is 2. The van der Waals surface area contributed by atoms with Gasteiger partial charge in [-0.1, -0.05) is 32.6 Å². The zero-order valence-corrected chi connectivity index (χ0v) is 10.7. The Balaban J connectivity index is 2.32. The van der Waals surface area contributed by atoms with Gasteiger partial charge in [-0.3, -0.25) is 4.79 Å². The summed E-state index contributed by atoms with van der Waals surface area (Å²) >= 11 is 0. The fraction of sp³-hybridized carbons (Fsp3) is 0.923. The molecule has 94 valence electrons. The summed E-state index contributed by atoms with van der Waals surface area (Å²) in [6.45, 7) is 2.96. The second kappa shape index (κ2) is 6.89. The summed E-state index contributed by atoms with van der Waals surface area (Å²) in [5.41, 5.74) is 5.84. The maximum atomic E-state index is 11.9. The number of rotatable bonds is 5. The summed E-state index contributed by atoms with van der Waals surface area (Å²) in [4.78, 5) is 13.8. The predicted molar refractivity (Wildman–Crippen MR) is 67.1 cm³/mol. The maximum Gasteiger partial charge on any atom is 0.239 e. The molecule has 2 N–H and O–H groups in total. The minimum absolute atomic E-state index is 0.118. The van der Waals surface area contributed by atoms with E-state index >= 15 is 0 Å². The van der Waals surface area contributed by atoms with Crippen molar-refractivity contribution in [1.29, 1.82) is 0 Å². The van der Waals surface area contributed by atoms with E-state index in [1.807, 2.05) is 11.9 Å². The molecule has 0 aromatic carbocycles. The summed E-state index contributed by atoms with van der Waals surface area (Å²) in [5, 5.41) is 0. The molecule has 0 aromatic rings. The lowest BCUT2D eigenvalue weighted by Gasteiger charge is -2.28. The van der Waals surface area contributed by atoms with E-state index in [4.69, 9.17) is 5.73 Å². The smallest absolute Gasteiger partial charge is 0.239 e. The molecule has 1 unspecified atom stereocenters. The Morgan fingerprint density at radius 1 is 1.38 bits per heavy atom. The average Bonchev–Trinajstić information content (AvgIpc) is 2.29. The second-order valence-corrected chi connectivity index (χ2v) is 5.12. The van der Waals surface area contributed by atoms with Crippen LogP contribution in [0, 0.1) is 5.92 Å². The summed E-state index contributed by atoms with van der Waals surface area (Å²) < 4.78 is 0. The van der Waals surface area contributed by atoms with Crippen molar-refractivity contribution in [2.75, 3.05) is 13.6 Å². The van der Waals surface area contributed by atoms with E-state index in [0.717, 1.165) is 19.4 Å². The van der Waals surface area contributed by atoms with Crippen LogP contribution < -0.4 is 5.73 Å². The number of nitrogens with zero attached hydrogens (tertiary/aromatic N) is 1. The molecule has 0 aromatic heterocycles. The molecule has 3 nitrogen and oxygen atoms in total. The lowest BCUT2D eigenvalue weighted by atomic mass is 9.89. The standard InChI is InChI=1S/C13H26N2O/c1-3-7-12(14)13(16)15(2)10-11-8-5-4-6-9-11/h11-12H,3-10,14H2,1-2H3.